The Balaban J connectivity index is 1.87. The van der Waals surface area contributed by atoms with E-state index in [4.69, 9.17) is 4.42 Å². The van der Waals surface area contributed by atoms with Crippen molar-refractivity contribution < 1.29 is 17.6 Å². The fraction of sp³-hybridized carbons (Fsp3) is 0.417. The molecular weight excluding hydrogens is 254 g/mol. The molecule has 0 spiro atoms. The molecule has 6 heteroatoms. The normalized spacial score (nSPS) is 17.1. The topological polar surface area (TPSA) is 67.6 Å². The molecule has 1 saturated heterocycles. The Morgan fingerprint density at radius 3 is 2.83 bits per heavy atom. The Labute approximate surface area is 106 Å². The molecule has 0 aliphatic carbocycles. The molecule has 1 aliphatic heterocycles. The number of amides is 1. The van der Waals surface area contributed by atoms with Crippen molar-refractivity contribution in [2.24, 2.45) is 0 Å². The average molecular weight is 269 g/mol. The molecule has 1 aliphatic rings. The van der Waals surface area contributed by atoms with E-state index in [-0.39, 0.29) is 24.7 Å². The van der Waals surface area contributed by atoms with Crippen molar-refractivity contribution >= 4 is 21.8 Å². The van der Waals surface area contributed by atoms with E-state index >= 15 is 0 Å². The van der Waals surface area contributed by atoms with Crippen molar-refractivity contribution in [3.8, 4) is 0 Å². The zero-order chi connectivity index (χ0) is 13.2. The van der Waals surface area contributed by atoms with Crippen LogP contribution in [0.3, 0.4) is 0 Å². The number of furan rings is 1. The van der Waals surface area contributed by atoms with Crippen molar-refractivity contribution in [3.63, 3.8) is 0 Å². The molecule has 0 radical (unpaired) electrons. The van der Waals surface area contributed by atoms with Gasteiger partial charge < -0.3 is 9.32 Å². The summed E-state index contributed by atoms with van der Waals surface area (Å²) in [6.45, 7) is 2.20. The van der Waals surface area contributed by atoms with E-state index in [0.717, 1.165) is 0 Å². The molecule has 0 saturated carbocycles. The maximum Gasteiger partial charge on any atom is 0.246 e. The number of likely N-dealkylation sites (tertiary alicyclic amines) is 1. The van der Waals surface area contributed by atoms with Gasteiger partial charge in [-0.25, -0.2) is 8.42 Å². The monoisotopic (exact) mass is 269 g/mol. The van der Waals surface area contributed by atoms with Gasteiger partial charge in [0.2, 0.25) is 5.91 Å². The highest BCUT2D eigenvalue weighted by Gasteiger charge is 2.37. The zero-order valence-corrected chi connectivity index (χ0v) is 10.9. The summed E-state index contributed by atoms with van der Waals surface area (Å²) in [6, 6.07) is 3.47. The third kappa shape index (κ3) is 2.64. The highest BCUT2D eigenvalue weighted by Crippen LogP contribution is 2.17. The van der Waals surface area contributed by atoms with E-state index in [9.17, 15) is 13.2 Å². The Bertz CT molecular complexity index is 539. The molecule has 1 fully saturated rings. The van der Waals surface area contributed by atoms with Gasteiger partial charge in [-0.2, -0.15) is 0 Å². The first-order valence-electron chi connectivity index (χ1n) is 5.75. The molecule has 2 rings (SSSR count). The summed E-state index contributed by atoms with van der Waals surface area (Å²) in [6.07, 6.45) is 4.50. The number of carbonyl (C=O) groups is 1. The van der Waals surface area contributed by atoms with Gasteiger partial charge in [0.15, 0.2) is 9.84 Å². The number of hydrogen-bond acceptors (Lipinski definition) is 4. The summed E-state index contributed by atoms with van der Waals surface area (Å²) in [5.74, 6) is 0.539. The number of sulfone groups is 1. The van der Waals surface area contributed by atoms with Gasteiger partial charge in [0.25, 0.3) is 0 Å². The average Bonchev–Trinajstić information content (AvgIpc) is 2.76. The largest absolute Gasteiger partial charge is 0.465 e. The molecule has 0 atom stereocenters. The van der Waals surface area contributed by atoms with Crippen LogP contribution in [-0.2, 0) is 14.6 Å². The van der Waals surface area contributed by atoms with E-state index in [2.05, 4.69) is 0 Å². The lowest BCUT2D eigenvalue weighted by Crippen LogP contribution is -2.56. The second kappa shape index (κ2) is 4.97. The molecule has 2 heterocycles. The molecule has 98 valence electrons. The minimum absolute atomic E-state index is 0.127. The summed E-state index contributed by atoms with van der Waals surface area (Å²) < 4.78 is 28.1. The van der Waals surface area contributed by atoms with Crippen LogP contribution in [-0.4, -0.2) is 43.3 Å². The molecule has 5 nitrogen and oxygen atoms in total. The zero-order valence-electron chi connectivity index (χ0n) is 10.1. The second-order valence-corrected chi connectivity index (χ2v) is 6.74. The Morgan fingerprint density at radius 2 is 2.28 bits per heavy atom. The molecule has 1 aromatic heterocycles. The second-order valence-electron chi connectivity index (χ2n) is 4.17. The first kappa shape index (κ1) is 12.9. The van der Waals surface area contributed by atoms with E-state index < -0.39 is 15.1 Å². The van der Waals surface area contributed by atoms with Crippen molar-refractivity contribution in [1.29, 1.82) is 0 Å². The van der Waals surface area contributed by atoms with Crippen molar-refractivity contribution in [2.75, 3.05) is 18.8 Å². The van der Waals surface area contributed by atoms with Crippen molar-refractivity contribution in [3.05, 3.63) is 30.2 Å². The quantitative estimate of drug-likeness (QED) is 0.763. The van der Waals surface area contributed by atoms with Gasteiger partial charge in [0, 0.05) is 24.9 Å². The molecule has 18 heavy (non-hydrogen) atoms. The van der Waals surface area contributed by atoms with Crippen LogP contribution < -0.4 is 0 Å². The highest BCUT2D eigenvalue weighted by molar-refractivity contribution is 7.92. The van der Waals surface area contributed by atoms with Gasteiger partial charge in [0.1, 0.15) is 5.76 Å². The third-order valence-electron chi connectivity index (χ3n) is 3.00. The summed E-state index contributed by atoms with van der Waals surface area (Å²) in [5.41, 5.74) is 0. The first-order chi connectivity index (χ1) is 8.53. The van der Waals surface area contributed by atoms with Crippen LogP contribution in [0.2, 0.25) is 0 Å². The highest BCUT2D eigenvalue weighted by atomic mass is 32.2. The minimum atomic E-state index is -3.02. The van der Waals surface area contributed by atoms with Gasteiger partial charge in [-0.05, 0) is 18.2 Å². The number of rotatable bonds is 4. The lowest BCUT2D eigenvalue weighted by molar-refractivity contribution is -0.128. The van der Waals surface area contributed by atoms with E-state index in [1.807, 2.05) is 0 Å². The lowest BCUT2D eigenvalue weighted by Gasteiger charge is -2.37. The van der Waals surface area contributed by atoms with E-state index in [0.29, 0.717) is 5.76 Å². The maximum absolute atomic E-state index is 11.7. The smallest absolute Gasteiger partial charge is 0.246 e. The summed E-state index contributed by atoms with van der Waals surface area (Å²) in [4.78, 5) is 13.2. The van der Waals surface area contributed by atoms with E-state index in [1.165, 1.54) is 17.2 Å². The summed E-state index contributed by atoms with van der Waals surface area (Å²) >= 11 is 0. The molecule has 0 aromatic carbocycles. The van der Waals surface area contributed by atoms with Crippen LogP contribution in [0, 0.1) is 0 Å². The standard InChI is InChI=1S/C12H15NO4S/c1-2-18(15,16)11-8-13(9-11)12(14)6-5-10-4-3-7-17-10/h3-7,11H,2,8-9H2,1H3/b6-5+. The number of hydrogen-bond donors (Lipinski definition) is 0. The fourth-order valence-corrected chi connectivity index (χ4v) is 3.01. The third-order valence-corrected chi connectivity index (χ3v) is 5.12. The molecular formula is C12H15NO4S. The summed E-state index contributed by atoms with van der Waals surface area (Å²) in [7, 11) is -3.02. The first-order valence-corrected chi connectivity index (χ1v) is 7.46. The van der Waals surface area contributed by atoms with Crippen LogP contribution in [0.4, 0.5) is 0 Å². The SMILES string of the molecule is CCS(=O)(=O)C1CN(C(=O)/C=C/c2ccco2)C1. The van der Waals surface area contributed by atoms with Crippen LogP contribution >= 0.6 is 0 Å². The molecule has 1 aromatic rings. The molecule has 0 bridgehead atoms. The number of carbonyl (C=O) groups excluding carboxylic acids is 1. The Morgan fingerprint density at radius 1 is 1.56 bits per heavy atom. The van der Waals surface area contributed by atoms with Crippen molar-refractivity contribution in [1.82, 2.24) is 4.90 Å². The molecule has 1 amide bonds. The van der Waals surface area contributed by atoms with Gasteiger partial charge >= 0.3 is 0 Å². The summed E-state index contributed by atoms with van der Waals surface area (Å²) in [5, 5.41) is -0.400. The Kier molecular flexibility index (Phi) is 3.56. The van der Waals surface area contributed by atoms with Crippen LogP contribution in [0.15, 0.2) is 28.9 Å². The fourth-order valence-electron chi connectivity index (χ4n) is 1.73. The van der Waals surface area contributed by atoms with Gasteiger partial charge in [-0.3, -0.25) is 4.79 Å². The Hall–Kier alpha value is -1.56. The molecule has 0 unspecified atom stereocenters. The van der Waals surface area contributed by atoms with Crippen LogP contribution in [0.1, 0.15) is 12.7 Å². The van der Waals surface area contributed by atoms with Crippen LogP contribution in [0.5, 0.6) is 0 Å². The number of nitrogens with zero attached hydrogens (tertiary/aromatic N) is 1. The van der Waals surface area contributed by atoms with Crippen LogP contribution in [0.25, 0.3) is 6.08 Å². The van der Waals surface area contributed by atoms with Gasteiger partial charge in [-0.15, -0.1) is 0 Å². The van der Waals surface area contributed by atoms with E-state index in [1.54, 1.807) is 25.1 Å². The predicted octanol–water partition coefficient (Wildman–Crippen LogP) is 0.938. The van der Waals surface area contributed by atoms with Crippen molar-refractivity contribution in [2.45, 2.75) is 12.2 Å². The lowest BCUT2D eigenvalue weighted by atomic mass is 10.2. The molecule has 0 N–H and O–H groups in total. The maximum atomic E-state index is 11.7. The van der Waals surface area contributed by atoms with Gasteiger partial charge in [-0.1, -0.05) is 6.92 Å². The van der Waals surface area contributed by atoms with Gasteiger partial charge in [0.05, 0.1) is 11.5 Å². The minimum Gasteiger partial charge on any atom is -0.465 e. The predicted molar refractivity (Wildman–Crippen MR) is 67.6 cm³/mol.